The van der Waals surface area contributed by atoms with Gasteiger partial charge < -0.3 is 14.1 Å². The molecule has 0 bridgehead atoms. The van der Waals surface area contributed by atoms with Crippen molar-refractivity contribution in [2.75, 3.05) is 13.1 Å². The van der Waals surface area contributed by atoms with Crippen molar-refractivity contribution in [2.24, 2.45) is 0 Å². The molecule has 0 spiro atoms. The Hall–Kier alpha value is -2.76. The van der Waals surface area contributed by atoms with E-state index >= 15 is 0 Å². The number of benzene rings is 1. The summed E-state index contributed by atoms with van der Waals surface area (Å²) in [5.74, 6) is 1.43. The van der Waals surface area contributed by atoms with Gasteiger partial charge in [0.2, 0.25) is 0 Å². The lowest BCUT2D eigenvalue weighted by Gasteiger charge is -2.37. The molecule has 0 unspecified atom stereocenters. The number of likely N-dealkylation sites (tertiary alicyclic amines) is 1. The number of ether oxygens (including phenoxy) is 1. The molecule has 2 fully saturated rings. The molecule has 2 aliphatic heterocycles. The number of hydrogen-bond acceptors (Lipinski definition) is 4. The van der Waals surface area contributed by atoms with Crippen molar-refractivity contribution < 1.29 is 18.7 Å². The van der Waals surface area contributed by atoms with Crippen LogP contribution in [0, 0.1) is 13.8 Å². The quantitative estimate of drug-likeness (QED) is 0.798. The molecule has 2 aromatic rings. The highest BCUT2D eigenvalue weighted by Gasteiger charge is 2.50. The van der Waals surface area contributed by atoms with E-state index in [4.69, 9.17) is 9.15 Å². The third-order valence-corrected chi connectivity index (χ3v) is 6.33. The van der Waals surface area contributed by atoms with Crippen LogP contribution in [0.15, 0.2) is 34.7 Å². The van der Waals surface area contributed by atoms with E-state index in [9.17, 15) is 9.59 Å². The summed E-state index contributed by atoms with van der Waals surface area (Å²) in [5.41, 5.74) is 3.12. The first-order chi connectivity index (χ1) is 13.5. The summed E-state index contributed by atoms with van der Waals surface area (Å²) in [5, 5.41) is 0. The van der Waals surface area contributed by atoms with E-state index in [1.54, 1.807) is 0 Å². The lowest BCUT2D eigenvalue weighted by Crippen LogP contribution is -2.47. The first kappa shape index (κ1) is 17.3. The molecule has 5 rings (SSSR count). The molecule has 6 heteroatoms. The molecular weight excluding hydrogens is 356 g/mol. The molecule has 0 radical (unpaired) electrons. The van der Waals surface area contributed by atoms with Crippen LogP contribution >= 0.6 is 0 Å². The molecule has 28 heavy (non-hydrogen) atoms. The fourth-order valence-electron chi connectivity index (χ4n) is 5.01. The molecule has 0 saturated carbocycles. The molecule has 0 N–H and O–H groups in total. The maximum absolute atomic E-state index is 12.8. The average Bonchev–Trinajstić information content (AvgIpc) is 3.31. The second-order valence-electron chi connectivity index (χ2n) is 8.03. The number of nitrogens with zero attached hydrogens (tertiary/aromatic N) is 2. The zero-order valence-electron chi connectivity index (χ0n) is 16.2. The highest BCUT2D eigenvalue weighted by Crippen LogP contribution is 2.44. The predicted octanol–water partition coefficient (Wildman–Crippen LogP) is 3.62. The largest absolute Gasteiger partial charge is 0.466 e. The van der Waals surface area contributed by atoms with Crippen molar-refractivity contribution in [1.82, 2.24) is 9.80 Å². The van der Waals surface area contributed by atoms with Gasteiger partial charge in [0.1, 0.15) is 17.6 Å². The van der Waals surface area contributed by atoms with Gasteiger partial charge in [-0.05, 0) is 43.9 Å². The van der Waals surface area contributed by atoms with E-state index < -0.39 is 0 Å². The SMILES string of the molecule is Cc1cc(C(=O)N2CCC(N3C(=O)O[C@H]4Cc5ccccc5[C@H]43)CC2)c(C)o1. The number of rotatable bonds is 2. The molecule has 6 nitrogen and oxygen atoms in total. The Morgan fingerprint density at radius 1 is 1.14 bits per heavy atom. The first-order valence-corrected chi connectivity index (χ1v) is 9.96. The summed E-state index contributed by atoms with van der Waals surface area (Å²) in [6.07, 6.45) is 2.03. The van der Waals surface area contributed by atoms with Crippen LogP contribution in [0.3, 0.4) is 0 Å². The van der Waals surface area contributed by atoms with Gasteiger partial charge in [0.25, 0.3) is 5.91 Å². The van der Waals surface area contributed by atoms with Crippen molar-refractivity contribution in [3.63, 3.8) is 0 Å². The summed E-state index contributed by atoms with van der Waals surface area (Å²) in [4.78, 5) is 29.2. The van der Waals surface area contributed by atoms with Gasteiger partial charge in [-0.1, -0.05) is 24.3 Å². The lowest BCUT2D eigenvalue weighted by molar-refractivity contribution is 0.0634. The van der Waals surface area contributed by atoms with E-state index in [2.05, 4.69) is 12.1 Å². The molecule has 1 aromatic heterocycles. The maximum Gasteiger partial charge on any atom is 0.411 e. The topological polar surface area (TPSA) is 63.0 Å². The summed E-state index contributed by atoms with van der Waals surface area (Å²) >= 11 is 0. The lowest BCUT2D eigenvalue weighted by atomic mass is 9.98. The summed E-state index contributed by atoms with van der Waals surface area (Å²) in [7, 11) is 0. The van der Waals surface area contributed by atoms with Crippen LogP contribution in [0.5, 0.6) is 0 Å². The molecule has 2 amide bonds. The van der Waals surface area contributed by atoms with E-state index in [1.807, 2.05) is 41.8 Å². The molecule has 1 aromatic carbocycles. The van der Waals surface area contributed by atoms with Crippen molar-refractivity contribution in [3.05, 3.63) is 58.5 Å². The van der Waals surface area contributed by atoms with Gasteiger partial charge >= 0.3 is 6.09 Å². The highest BCUT2D eigenvalue weighted by molar-refractivity contribution is 5.95. The maximum atomic E-state index is 12.8. The summed E-state index contributed by atoms with van der Waals surface area (Å²) in [6, 6.07) is 10.2. The molecule has 3 heterocycles. The monoisotopic (exact) mass is 380 g/mol. The van der Waals surface area contributed by atoms with Gasteiger partial charge in [-0.3, -0.25) is 9.69 Å². The highest BCUT2D eigenvalue weighted by atomic mass is 16.6. The number of furan rings is 1. The molecule has 2 saturated heterocycles. The Morgan fingerprint density at radius 3 is 2.61 bits per heavy atom. The normalized spacial score (nSPS) is 24.3. The molecule has 1 aliphatic carbocycles. The standard InChI is InChI=1S/C22H24N2O4/c1-13-11-18(14(2)27-13)21(25)23-9-7-16(8-10-23)24-20-17-6-4-3-5-15(17)12-19(20)28-22(24)26/h3-6,11,16,19-20H,7-10,12H2,1-2H3/t19-,20+/m0/s1. The van der Waals surface area contributed by atoms with Crippen molar-refractivity contribution in [2.45, 2.75) is 51.3 Å². The van der Waals surface area contributed by atoms with Crippen molar-refractivity contribution in [1.29, 1.82) is 0 Å². The Morgan fingerprint density at radius 2 is 1.89 bits per heavy atom. The van der Waals surface area contributed by atoms with Gasteiger partial charge in [0.05, 0.1) is 11.6 Å². The Balaban J connectivity index is 1.31. The first-order valence-electron chi connectivity index (χ1n) is 9.96. The van der Waals surface area contributed by atoms with Gasteiger partial charge in [-0.2, -0.15) is 0 Å². The minimum absolute atomic E-state index is 0.00900. The van der Waals surface area contributed by atoms with Crippen LogP contribution in [0.25, 0.3) is 0 Å². The summed E-state index contributed by atoms with van der Waals surface area (Å²) < 4.78 is 11.2. The molecular formula is C22H24N2O4. The van der Waals surface area contributed by atoms with Crippen molar-refractivity contribution in [3.8, 4) is 0 Å². The van der Waals surface area contributed by atoms with E-state index in [-0.39, 0.29) is 30.2 Å². The zero-order valence-corrected chi connectivity index (χ0v) is 16.2. The zero-order chi connectivity index (χ0) is 19.4. The van der Waals surface area contributed by atoms with Gasteiger partial charge in [0, 0.05) is 25.6 Å². The van der Waals surface area contributed by atoms with Crippen LogP contribution in [0.4, 0.5) is 4.79 Å². The van der Waals surface area contributed by atoms with E-state index in [0.29, 0.717) is 24.4 Å². The Bertz CT molecular complexity index is 942. The number of carbonyl (C=O) groups excluding carboxylic acids is 2. The minimum Gasteiger partial charge on any atom is -0.466 e. The number of hydrogen-bond donors (Lipinski definition) is 0. The molecule has 3 aliphatic rings. The smallest absolute Gasteiger partial charge is 0.411 e. The number of aryl methyl sites for hydroxylation is 2. The van der Waals surface area contributed by atoms with Crippen LogP contribution in [-0.4, -0.2) is 47.0 Å². The van der Waals surface area contributed by atoms with E-state index in [0.717, 1.165) is 25.0 Å². The number of carbonyl (C=O) groups is 2. The Labute approximate surface area is 164 Å². The third-order valence-electron chi connectivity index (χ3n) is 6.33. The third kappa shape index (κ3) is 2.62. The van der Waals surface area contributed by atoms with Gasteiger partial charge in [-0.25, -0.2) is 4.79 Å². The second kappa shape index (κ2) is 6.40. The van der Waals surface area contributed by atoms with Crippen LogP contribution in [-0.2, 0) is 11.2 Å². The Kier molecular flexibility index (Phi) is 3.96. The number of fused-ring (bicyclic) bond motifs is 3. The van der Waals surface area contributed by atoms with Crippen LogP contribution in [0.1, 0.15) is 51.9 Å². The fraction of sp³-hybridized carbons (Fsp3) is 0.455. The summed E-state index contributed by atoms with van der Waals surface area (Å²) in [6.45, 7) is 4.95. The minimum atomic E-state index is -0.212. The number of piperidine rings is 1. The van der Waals surface area contributed by atoms with Gasteiger partial charge in [-0.15, -0.1) is 0 Å². The molecule has 146 valence electrons. The predicted molar refractivity (Wildman–Crippen MR) is 102 cm³/mol. The van der Waals surface area contributed by atoms with Crippen LogP contribution < -0.4 is 0 Å². The van der Waals surface area contributed by atoms with Gasteiger partial charge in [0.15, 0.2) is 0 Å². The van der Waals surface area contributed by atoms with Crippen LogP contribution in [0.2, 0.25) is 0 Å². The number of amides is 2. The molecule has 2 atom stereocenters. The second-order valence-corrected chi connectivity index (χ2v) is 8.03. The van der Waals surface area contributed by atoms with Crippen molar-refractivity contribution >= 4 is 12.0 Å². The van der Waals surface area contributed by atoms with E-state index in [1.165, 1.54) is 11.1 Å². The average molecular weight is 380 g/mol. The fourth-order valence-corrected chi connectivity index (χ4v) is 5.01.